The van der Waals surface area contributed by atoms with Gasteiger partial charge in [-0.25, -0.2) is 0 Å². The first-order chi connectivity index (χ1) is 13.9. The van der Waals surface area contributed by atoms with Crippen LogP contribution < -0.4 is 0 Å². The number of carbonyl (C=O) groups excluding carboxylic acids is 4. The molecule has 0 aromatic heterocycles. The highest BCUT2D eigenvalue weighted by Crippen LogP contribution is 2.62. The minimum absolute atomic E-state index is 0.0434. The lowest BCUT2D eigenvalue weighted by atomic mass is 9.55. The van der Waals surface area contributed by atoms with Gasteiger partial charge in [-0.2, -0.15) is 0 Å². The predicted octanol–water partition coefficient (Wildman–Crippen LogP) is 2.06. The smallest absolute Gasteiger partial charge is 0.237 e. The van der Waals surface area contributed by atoms with E-state index in [0.717, 1.165) is 56.1 Å². The van der Waals surface area contributed by atoms with Crippen molar-refractivity contribution in [3.63, 3.8) is 0 Å². The molecule has 4 amide bonds. The lowest BCUT2D eigenvalue weighted by molar-refractivity contribution is -0.139. The molecule has 6 rings (SSSR count). The van der Waals surface area contributed by atoms with Gasteiger partial charge in [-0.3, -0.25) is 29.0 Å². The molecule has 6 aliphatic rings. The molecule has 0 bridgehead atoms. The molecule has 2 heterocycles. The van der Waals surface area contributed by atoms with Crippen molar-refractivity contribution in [2.24, 2.45) is 35.5 Å². The molecule has 4 fully saturated rings. The van der Waals surface area contributed by atoms with Crippen molar-refractivity contribution in [3.8, 4) is 0 Å². The summed E-state index contributed by atoms with van der Waals surface area (Å²) in [6.07, 6.45) is 6.63. The molecule has 6 atom stereocenters. The molecule has 29 heavy (non-hydrogen) atoms. The van der Waals surface area contributed by atoms with Crippen LogP contribution in [-0.2, 0) is 19.2 Å². The fraction of sp³-hybridized carbons (Fsp3) is 0.652. The van der Waals surface area contributed by atoms with Gasteiger partial charge in [-0.05, 0) is 61.5 Å². The first-order valence-electron chi connectivity index (χ1n) is 11.0. The Bertz CT molecular complexity index is 954. The van der Waals surface area contributed by atoms with E-state index in [1.54, 1.807) is 14.1 Å². The van der Waals surface area contributed by atoms with Crippen molar-refractivity contribution in [1.82, 2.24) is 9.80 Å². The van der Waals surface area contributed by atoms with Crippen molar-refractivity contribution in [2.45, 2.75) is 44.9 Å². The van der Waals surface area contributed by atoms with Gasteiger partial charge in [0.15, 0.2) is 0 Å². The predicted molar refractivity (Wildman–Crippen MR) is 103 cm³/mol. The molecule has 6 heteroatoms. The molecule has 0 aromatic rings. The Kier molecular flexibility index (Phi) is 3.44. The summed E-state index contributed by atoms with van der Waals surface area (Å²) in [5, 5.41) is 0. The first-order valence-corrected chi connectivity index (χ1v) is 11.0. The zero-order valence-corrected chi connectivity index (χ0v) is 16.9. The fourth-order valence-corrected chi connectivity index (χ4v) is 7.54. The minimum Gasteiger partial charge on any atom is -0.285 e. The van der Waals surface area contributed by atoms with E-state index in [1.807, 2.05) is 0 Å². The van der Waals surface area contributed by atoms with Crippen molar-refractivity contribution < 1.29 is 19.2 Å². The van der Waals surface area contributed by atoms with E-state index in [-0.39, 0.29) is 47.3 Å². The second-order valence-electron chi connectivity index (χ2n) is 9.71. The van der Waals surface area contributed by atoms with Crippen molar-refractivity contribution in [3.05, 3.63) is 22.3 Å². The van der Waals surface area contributed by atoms with Crippen LogP contribution in [0.15, 0.2) is 22.3 Å². The Morgan fingerprint density at radius 3 is 1.59 bits per heavy atom. The largest absolute Gasteiger partial charge is 0.285 e. The molecular formula is C23H26N2O4. The number of amides is 4. The summed E-state index contributed by atoms with van der Waals surface area (Å²) in [5.41, 5.74) is 4.44. The quantitative estimate of drug-likeness (QED) is 0.590. The summed E-state index contributed by atoms with van der Waals surface area (Å²) in [6, 6.07) is 0. The summed E-state index contributed by atoms with van der Waals surface area (Å²) >= 11 is 0. The molecular weight excluding hydrogens is 368 g/mol. The number of likely N-dealkylation sites (tertiary alicyclic amines) is 2. The number of carbonyl (C=O) groups is 4. The summed E-state index contributed by atoms with van der Waals surface area (Å²) in [7, 11) is 3.21. The normalized spacial score (nSPS) is 41.0. The number of hydrogen-bond acceptors (Lipinski definition) is 4. The van der Waals surface area contributed by atoms with Crippen LogP contribution in [0, 0.1) is 35.5 Å². The highest BCUT2D eigenvalue weighted by molar-refractivity contribution is 6.11. The third-order valence-electron chi connectivity index (χ3n) is 8.68. The third-order valence-corrected chi connectivity index (χ3v) is 8.68. The van der Waals surface area contributed by atoms with Crippen molar-refractivity contribution in [2.75, 3.05) is 14.1 Å². The lowest BCUT2D eigenvalue weighted by Gasteiger charge is -2.45. The van der Waals surface area contributed by atoms with E-state index >= 15 is 0 Å². The molecule has 152 valence electrons. The van der Waals surface area contributed by atoms with Crippen LogP contribution in [0.4, 0.5) is 0 Å². The third kappa shape index (κ3) is 1.93. The van der Waals surface area contributed by atoms with Gasteiger partial charge in [-0.15, -0.1) is 0 Å². The second kappa shape index (κ2) is 5.67. The number of imide groups is 2. The van der Waals surface area contributed by atoms with Crippen LogP contribution >= 0.6 is 0 Å². The van der Waals surface area contributed by atoms with Crippen molar-refractivity contribution >= 4 is 23.6 Å². The van der Waals surface area contributed by atoms with Gasteiger partial charge in [0.05, 0.1) is 23.7 Å². The Hall–Kier alpha value is -2.24. The zero-order chi connectivity index (χ0) is 20.2. The minimum atomic E-state index is -0.445. The van der Waals surface area contributed by atoms with Crippen LogP contribution in [0.3, 0.4) is 0 Å². The molecule has 2 saturated heterocycles. The monoisotopic (exact) mass is 394 g/mol. The topological polar surface area (TPSA) is 74.8 Å². The first kappa shape index (κ1) is 17.6. The fourth-order valence-electron chi connectivity index (χ4n) is 7.54. The average Bonchev–Trinajstić information content (AvgIpc) is 3.36. The van der Waals surface area contributed by atoms with Gasteiger partial charge in [-0.1, -0.05) is 17.6 Å². The molecule has 0 unspecified atom stereocenters. The molecule has 0 N–H and O–H groups in total. The van der Waals surface area contributed by atoms with E-state index in [9.17, 15) is 19.2 Å². The average molecular weight is 394 g/mol. The van der Waals surface area contributed by atoms with Crippen LogP contribution in [-0.4, -0.2) is 47.5 Å². The zero-order valence-electron chi connectivity index (χ0n) is 16.9. The van der Waals surface area contributed by atoms with E-state index in [0.29, 0.717) is 0 Å². The summed E-state index contributed by atoms with van der Waals surface area (Å²) in [4.78, 5) is 55.3. The summed E-state index contributed by atoms with van der Waals surface area (Å²) < 4.78 is 0. The van der Waals surface area contributed by atoms with E-state index in [1.165, 1.54) is 20.9 Å². The molecule has 6 nitrogen and oxygen atoms in total. The highest BCUT2D eigenvalue weighted by atomic mass is 16.2. The van der Waals surface area contributed by atoms with E-state index in [4.69, 9.17) is 0 Å². The molecule has 0 radical (unpaired) electrons. The lowest BCUT2D eigenvalue weighted by Crippen LogP contribution is -2.43. The molecule has 2 saturated carbocycles. The van der Waals surface area contributed by atoms with Gasteiger partial charge >= 0.3 is 0 Å². The molecule has 0 aromatic carbocycles. The standard InChI is InChI=1S/C23H26N2O4/c1-24-20(26)16-12-7-4-3-6-10(12)14-15(19(16)23(24)29)11-8-5-9-13(11)17-18(14)22(28)25(2)21(17)27/h12-13,16-19H,3-9H2,1-2H3/t12-,13-,16+,17+,18-,19-/m0/s1. The Morgan fingerprint density at radius 2 is 1.07 bits per heavy atom. The molecule has 4 aliphatic carbocycles. The van der Waals surface area contributed by atoms with Crippen LogP contribution in [0.25, 0.3) is 0 Å². The number of nitrogens with zero attached hydrogens (tertiary/aromatic N) is 2. The number of fused-ring (bicyclic) bond motifs is 9. The van der Waals surface area contributed by atoms with Gasteiger partial charge in [0.1, 0.15) is 0 Å². The Morgan fingerprint density at radius 1 is 0.621 bits per heavy atom. The number of hydrogen-bond donors (Lipinski definition) is 0. The van der Waals surface area contributed by atoms with Crippen LogP contribution in [0.5, 0.6) is 0 Å². The SMILES string of the molecule is CN1C(=O)[C@H]2C3=C4CCC[C@@H]4[C@H]4C(=O)N(C)C(=O)[C@H]4C3=C3CCCC[C@@H]3[C@H]2C1=O. The number of allylic oxidation sites excluding steroid dienone is 2. The second-order valence-corrected chi connectivity index (χ2v) is 9.71. The van der Waals surface area contributed by atoms with Crippen LogP contribution in [0.1, 0.15) is 44.9 Å². The summed E-state index contributed by atoms with van der Waals surface area (Å²) in [5.74, 6) is -1.75. The maximum absolute atomic E-state index is 13.3. The van der Waals surface area contributed by atoms with Crippen molar-refractivity contribution in [1.29, 1.82) is 0 Å². The maximum Gasteiger partial charge on any atom is 0.237 e. The molecule has 0 spiro atoms. The van der Waals surface area contributed by atoms with Crippen LogP contribution in [0.2, 0.25) is 0 Å². The van der Waals surface area contributed by atoms with Gasteiger partial charge in [0.2, 0.25) is 23.6 Å². The Labute approximate surface area is 170 Å². The maximum atomic E-state index is 13.3. The summed E-state index contributed by atoms with van der Waals surface area (Å²) in [6.45, 7) is 0. The highest BCUT2D eigenvalue weighted by Gasteiger charge is 2.63. The Balaban J connectivity index is 1.66. The van der Waals surface area contributed by atoms with Gasteiger partial charge in [0, 0.05) is 14.1 Å². The van der Waals surface area contributed by atoms with Gasteiger partial charge in [0.25, 0.3) is 0 Å². The van der Waals surface area contributed by atoms with Gasteiger partial charge < -0.3 is 0 Å². The van der Waals surface area contributed by atoms with E-state index < -0.39 is 11.8 Å². The van der Waals surface area contributed by atoms with E-state index in [2.05, 4.69) is 0 Å². The number of rotatable bonds is 0. The molecule has 2 aliphatic heterocycles.